The monoisotopic (exact) mass is 466 g/mol. The molecule has 4 nitrogen and oxygen atoms in total. The van der Waals surface area contributed by atoms with E-state index in [0.29, 0.717) is 0 Å². The summed E-state index contributed by atoms with van der Waals surface area (Å²) >= 11 is 1.16. The second kappa shape index (κ2) is 80.4. The normalized spacial score (nSPS) is 11.5. The van der Waals surface area contributed by atoms with Crippen LogP contribution in [0.4, 0.5) is 0 Å². The summed E-state index contributed by atoms with van der Waals surface area (Å²) in [6.45, 7) is 18.0. The third kappa shape index (κ3) is 69.6. The Bertz CT molecular complexity index is 155. The first-order valence-corrected chi connectivity index (χ1v) is 8.85. The van der Waals surface area contributed by atoms with E-state index in [4.69, 9.17) is 28.2 Å². The van der Waals surface area contributed by atoms with Crippen LogP contribution in [0.25, 0.3) is 0 Å². The SMILES string of the molecule is [C-]#[O+].[C-]#[O+].[C-]#[O+].[C-]#[O+].[CH-]1CCCC1.[CH-]1CCCC1.[Cl][Ga].[Fe].[Fe]. The van der Waals surface area contributed by atoms with Gasteiger partial charge < -0.3 is 12.8 Å². The third-order valence-corrected chi connectivity index (χ3v) is 2.13. The number of halogens is 1. The molecule has 2 radical (unpaired) electrons. The zero-order valence-electron chi connectivity index (χ0n) is 12.1. The van der Waals surface area contributed by atoms with Crippen molar-refractivity contribution in [3.8, 4) is 0 Å². The molecular weight excluding hydrogens is 449 g/mol. The van der Waals surface area contributed by atoms with E-state index in [9.17, 15) is 0 Å². The average molecular weight is 467 g/mol. The van der Waals surface area contributed by atoms with Crippen molar-refractivity contribution in [3.63, 3.8) is 0 Å². The van der Waals surface area contributed by atoms with Gasteiger partial charge >= 0.3 is 72.4 Å². The molecule has 0 N–H and O–H groups in total. The Labute approximate surface area is 170 Å². The summed E-state index contributed by atoms with van der Waals surface area (Å²) in [6.07, 6.45) is 16.0. The van der Waals surface area contributed by atoms with Gasteiger partial charge in [0.05, 0.1) is 0 Å². The molecule has 2 fully saturated rings. The van der Waals surface area contributed by atoms with E-state index in [0.717, 1.165) is 17.6 Å². The van der Waals surface area contributed by atoms with Gasteiger partial charge in [-0.05, 0) is 0 Å². The molecule has 0 bridgehead atoms. The minimum atomic E-state index is 0. The van der Waals surface area contributed by atoms with Crippen LogP contribution >= 0.6 is 9.64 Å². The van der Waals surface area contributed by atoms with Gasteiger partial charge in [0.15, 0.2) is 0 Å². The van der Waals surface area contributed by atoms with Crippen LogP contribution < -0.4 is 0 Å². The van der Waals surface area contributed by atoms with Gasteiger partial charge in [-0.25, -0.2) is 0 Å². The standard InChI is InChI=1S/2C5H9.4CO.ClH.2Fe.Ga/c2*1-2-4-5-3-1;4*1-2;;;;/h2*1H,2-5H2;;;;;1H;;;/q2*-1;;;;;;;;+1/p-1. The van der Waals surface area contributed by atoms with Crippen molar-refractivity contribution in [1.82, 2.24) is 0 Å². The molecule has 0 amide bonds. The Morgan fingerprint density at radius 1 is 0.545 bits per heavy atom. The van der Waals surface area contributed by atoms with Gasteiger partial charge in [0, 0.05) is 34.1 Å². The van der Waals surface area contributed by atoms with Gasteiger partial charge in [-0.1, -0.05) is 25.7 Å². The fourth-order valence-corrected chi connectivity index (χ4v) is 1.44. The summed E-state index contributed by atoms with van der Waals surface area (Å²) in [7, 11) is 4.70. The summed E-state index contributed by atoms with van der Waals surface area (Å²) in [4.78, 5) is 0. The van der Waals surface area contributed by atoms with E-state index >= 15 is 0 Å². The maximum absolute atomic E-state index is 7.50. The largest absolute Gasteiger partial charge is 0 e. The molecule has 0 spiro atoms. The van der Waals surface area contributed by atoms with E-state index in [1.54, 1.807) is 0 Å². The molecule has 8 heteroatoms. The predicted octanol–water partition coefficient (Wildman–Crippen LogP) is 3.68. The van der Waals surface area contributed by atoms with Gasteiger partial charge in [-0.2, -0.15) is 25.7 Å². The zero-order valence-corrected chi connectivity index (χ0v) is 17.5. The van der Waals surface area contributed by atoms with Crippen molar-refractivity contribution in [2.75, 3.05) is 0 Å². The van der Waals surface area contributed by atoms with Crippen LogP contribution in [-0.4, -0.2) is 17.6 Å². The summed E-state index contributed by atoms with van der Waals surface area (Å²) in [6, 6.07) is 0. The van der Waals surface area contributed by atoms with Crippen molar-refractivity contribution >= 4 is 27.2 Å². The number of hydrogen-bond acceptors (Lipinski definition) is 0. The molecule has 2 aliphatic rings. The molecular formula is C14H18ClFe2GaO4-2. The van der Waals surface area contributed by atoms with Gasteiger partial charge in [-0.3, -0.25) is 0 Å². The van der Waals surface area contributed by atoms with E-state index in [2.05, 4.69) is 39.4 Å². The molecule has 0 saturated heterocycles. The number of hydrogen-bond donors (Lipinski definition) is 0. The number of rotatable bonds is 0. The molecule has 2 rings (SSSR count). The predicted molar refractivity (Wildman–Crippen MR) is 72.9 cm³/mol. The van der Waals surface area contributed by atoms with E-state index in [1.165, 1.54) is 51.4 Å². The van der Waals surface area contributed by atoms with Crippen molar-refractivity contribution in [2.45, 2.75) is 51.4 Å². The van der Waals surface area contributed by atoms with E-state index in [-0.39, 0.29) is 34.1 Å². The van der Waals surface area contributed by atoms with Crippen LogP contribution in [0.15, 0.2) is 0 Å². The fraction of sp³-hybridized carbons (Fsp3) is 0.571. The topological polar surface area (TPSA) is 79.6 Å². The molecule has 0 heterocycles. The quantitative estimate of drug-likeness (QED) is 0.296. The van der Waals surface area contributed by atoms with Crippen LogP contribution in [0.3, 0.4) is 0 Å². The van der Waals surface area contributed by atoms with Crippen LogP contribution in [0.2, 0.25) is 0 Å². The first-order chi connectivity index (χ1) is 10.0. The van der Waals surface area contributed by atoms with E-state index in [1.807, 2.05) is 0 Å². The minimum absolute atomic E-state index is 0. The molecule has 0 aromatic carbocycles. The fourth-order valence-electron chi connectivity index (χ4n) is 1.44. The Kier molecular flexibility index (Phi) is 159. The Morgan fingerprint density at radius 2 is 0.682 bits per heavy atom. The Hall–Kier alpha value is 0.925. The maximum Gasteiger partial charge on any atom is 0 e. The second-order valence-corrected chi connectivity index (χ2v) is 3.15. The smallest absolute Gasteiger partial charge is 0 e. The maximum atomic E-state index is 7.50. The van der Waals surface area contributed by atoms with Crippen molar-refractivity contribution in [3.05, 3.63) is 39.4 Å². The van der Waals surface area contributed by atoms with E-state index < -0.39 is 0 Å². The molecule has 0 aliphatic heterocycles. The molecule has 0 atom stereocenters. The molecule has 2 aliphatic carbocycles. The first-order valence-electron chi connectivity index (χ1n) is 5.67. The molecule has 2 saturated carbocycles. The van der Waals surface area contributed by atoms with Crippen LogP contribution in [0.1, 0.15) is 51.4 Å². The van der Waals surface area contributed by atoms with Crippen LogP contribution in [-0.2, 0) is 52.7 Å². The first kappa shape index (κ1) is 43.5. The molecule has 0 unspecified atom stereocenters. The van der Waals surface area contributed by atoms with Gasteiger partial charge in [0.2, 0.25) is 0 Å². The van der Waals surface area contributed by atoms with Crippen LogP contribution in [0, 0.1) is 39.4 Å². The summed E-state index contributed by atoms with van der Waals surface area (Å²) in [5, 5.41) is 0. The zero-order chi connectivity index (χ0) is 17.1. The van der Waals surface area contributed by atoms with Crippen molar-refractivity contribution in [2.24, 2.45) is 0 Å². The molecule has 0 aromatic heterocycles. The van der Waals surface area contributed by atoms with Crippen molar-refractivity contribution in [1.29, 1.82) is 0 Å². The summed E-state index contributed by atoms with van der Waals surface area (Å²) < 4.78 is 30.0. The second-order valence-electron chi connectivity index (χ2n) is 3.15. The Morgan fingerprint density at radius 3 is 0.727 bits per heavy atom. The van der Waals surface area contributed by atoms with Crippen molar-refractivity contribution < 1.29 is 52.7 Å². The summed E-state index contributed by atoms with van der Waals surface area (Å²) in [5.74, 6) is 0. The molecule has 22 heavy (non-hydrogen) atoms. The van der Waals surface area contributed by atoms with Gasteiger partial charge in [0.1, 0.15) is 0 Å². The van der Waals surface area contributed by atoms with Crippen LogP contribution in [0.5, 0.6) is 0 Å². The summed E-state index contributed by atoms with van der Waals surface area (Å²) in [5.41, 5.74) is 0. The average Bonchev–Trinajstić information content (AvgIpc) is 3.34. The third-order valence-electron chi connectivity index (χ3n) is 2.13. The van der Waals surface area contributed by atoms with Gasteiger partial charge in [-0.15, -0.1) is 0 Å². The molecule has 126 valence electrons. The van der Waals surface area contributed by atoms with Gasteiger partial charge in [0.25, 0.3) is 0 Å². The Balaban J connectivity index is -0.0000000251. The minimum Gasteiger partial charge on any atom is 0 e. The molecule has 0 aromatic rings.